The molecule has 0 amide bonds. The molecule has 1 rings (SSSR count). The normalized spacial score (nSPS) is 18.5. The monoisotopic (exact) mass is 316 g/mol. The Hall–Kier alpha value is 0.651. The summed E-state index contributed by atoms with van der Waals surface area (Å²) in [5.41, 5.74) is 1.23. The molecule has 0 aromatic carbocycles. The van der Waals surface area contributed by atoms with Gasteiger partial charge in [-0.3, -0.25) is 0 Å². The molecule has 0 nitrogen and oxygen atoms in total. The topological polar surface area (TPSA) is 0 Å². The summed E-state index contributed by atoms with van der Waals surface area (Å²) in [6, 6.07) is 3.05. The van der Waals surface area contributed by atoms with Crippen LogP contribution in [-0.2, 0) is 0 Å². The van der Waals surface area contributed by atoms with E-state index in [9.17, 15) is 0 Å². The van der Waals surface area contributed by atoms with Crippen molar-refractivity contribution in [2.75, 3.05) is 0 Å². The van der Waals surface area contributed by atoms with Gasteiger partial charge in [-0.15, -0.1) is 0 Å². The van der Waals surface area contributed by atoms with Gasteiger partial charge in [0.05, 0.1) is 0 Å². The molecule has 3 heteroatoms. The third-order valence-corrected chi connectivity index (χ3v) is 9.83. The summed E-state index contributed by atoms with van der Waals surface area (Å²) in [5.74, 6) is 0. The molecule has 116 valence electrons. The molecule has 0 atom stereocenters. The van der Waals surface area contributed by atoms with E-state index in [-0.39, 0.29) is 0 Å². The first-order valence-corrected chi connectivity index (χ1v) is 18.3. The van der Waals surface area contributed by atoms with Crippen molar-refractivity contribution in [2.24, 2.45) is 0 Å². The molecule has 1 aliphatic rings. The first-order chi connectivity index (χ1) is 8.64. The Labute approximate surface area is 128 Å². The molecule has 1 saturated carbocycles. The van der Waals surface area contributed by atoms with Gasteiger partial charge in [0.1, 0.15) is 0 Å². The molecule has 0 unspecified atom stereocenters. The van der Waals surface area contributed by atoms with Crippen molar-refractivity contribution in [2.45, 2.75) is 102 Å². The summed E-state index contributed by atoms with van der Waals surface area (Å²) in [5, 5.41) is 0. The van der Waals surface area contributed by atoms with Crippen LogP contribution in [-0.4, -0.2) is 25.7 Å². The van der Waals surface area contributed by atoms with Crippen LogP contribution in [0.25, 0.3) is 0 Å². The van der Waals surface area contributed by atoms with Gasteiger partial charge in [-0.2, -0.15) is 0 Å². The van der Waals surface area contributed by atoms with E-state index >= 15 is 0 Å². The van der Waals surface area contributed by atoms with Gasteiger partial charge in [0.15, 0.2) is 0 Å². The highest BCUT2D eigenvalue weighted by molar-refractivity contribution is 6.77. The third kappa shape index (κ3) is 14.9. The van der Waals surface area contributed by atoms with Crippen LogP contribution in [0.4, 0.5) is 0 Å². The zero-order valence-electron chi connectivity index (χ0n) is 14.9. The molecule has 0 saturated heterocycles. The summed E-state index contributed by atoms with van der Waals surface area (Å²) in [4.78, 5) is 0. The van der Waals surface area contributed by atoms with Crippen LogP contribution in [0.3, 0.4) is 0 Å². The zero-order valence-corrected chi connectivity index (χ0v) is 18.4. The van der Waals surface area contributed by atoms with E-state index in [4.69, 9.17) is 0 Å². The largest absolute Gasteiger partial charge is 0.0746 e. The van der Waals surface area contributed by atoms with Crippen LogP contribution < -0.4 is 0 Å². The predicted molar refractivity (Wildman–Crippen MR) is 102 cm³/mol. The molecule has 0 aromatic heterocycles. The van der Waals surface area contributed by atoms with Gasteiger partial charge in [0, 0.05) is 25.7 Å². The number of hydrogen-bond donors (Lipinski definition) is 0. The molecule has 0 heterocycles. The SMILES string of the molecule is C[SiH2]C1CCCCC1.C[Si](C)(C)CCC[Si](C)(C)C. The molecule has 1 fully saturated rings. The van der Waals surface area contributed by atoms with Crippen LogP contribution >= 0.6 is 0 Å². The van der Waals surface area contributed by atoms with Gasteiger partial charge in [0.2, 0.25) is 0 Å². The standard InChI is InChI=1S/C9H24Si2.C7H16Si/c1-10(2,3)8-7-9-11(4,5)6;1-8-7-5-3-2-4-6-7/h7-9H2,1-6H3;7H,2-6,8H2,1H3. The lowest BCUT2D eigenvalue weighted by Crippen LogP contribution is -2.23. The van der Waals surface area contributed by atoms with Gasteiger partial charge in [-0.05, 0) is 0 Å². The quantitative estimate of drug-likeness (QED) is 0.545. The van der Waals surface area contributed by atoms with Crippen molar-refractivity contribution in [1.82, 2.24) is 0 Å². The van der Waals surface area contributed by atoms with E-state index in [0.717, 1.165) is 0 Å². The van der Waals surface area contributed by atoms with E-state index in [2.05, 4.69) is 45.8 Å². The van der Waals surface area contributed by atoms with Gasteiger partial charge in [-0.25, -0.2) is 0 Å². The third-order valence-electron chi connectivity index (χ3n) is 4.16. The summed E-state index contributed by atoms with van der Waals surface area (Å²) in [7, 11) is -1.10. The van der Waals surface area contributed by atoms with E-state index in [0.29, 0.717) is 9.52 Å². The highest BCUT2D eigenvalue weighted by Gasteiger charge is 2.16. The second-order valence-corrected chi connectivity index (χ2v) is 22.1. The molecule has 0 bridgehead atoms. The molecule has 0 aromatic rings. The Bertz CT molecular complexity index is 193. The molecule has 19 heavy (non-hydrogen) atoms. The fourth-order valence-electron chi connectivity index (χ4n) is 2.74. The Balaban J connectivity index is 0.000000356. The number of rotatable bonds is 5. The molecule has 0 N–H and O–H groups in total. The van der Waals surface area contributed by atoms with Crippen LogP contribution in [0.15, 0.2) is 0 Å². The summed E-state index contributed by atoms with van der Waals surface area (Å²) in [6.45, 7) is 17.3. The van der Waals surface area contributed by atoms with Crippen molar-refractivity contribution in [3.63, 3.8) is 0 Å². The Morgan fingerprint density at radius 1 is 0.789 bits per heavy atom. The fraction of sp³-hybridized carbons (Fsp3) is 1.00. The highest BCUT2D eigenvalue weighted by atomic mass is 28.3. The Morgan fingerprint density at radius 2 is 1.21 bits per heavy atom. The van der Waals surface area contributed by atoms with Crippen LogP contribution in [0.1, 0.15) is 38.5 Å². The van der Waals surface area contributed by atoms with E-state index in [1.54, 1.807) is 12.8 Å². The maximum Gasteiger partial charge on any atom is 0.0442 e. The van der Waals surface area contributed by atoms with Crippen LogP contribution in [0.5, 0.6) is 0 Å². The Kier molecular flexibility index (Phi) is 9.89. The molecule has 1 aliphatic carbocycles. The van der Waals surface area contributed by atoms with Crippen molar-refractivity contribution in [3.8, 4) is 0 Å². The zero-order chi connectivity index (χ0) is 14.9. The maximum atomic E-state index is 2.47. The second-order valence-electron chi connectivity index (χ2n) is 8.89. The smallest absolute Gasteiger partial charge is 0.0442 e. The fourth-order valence-corrected chi connectivity index (χ4v) is 6.97. The molecule has 0 radical (unpaired) electrons. The predicted octanol–water partition coefficient (Wildman–Crippen LogP) is 6.01. The van der Waals surface area contributed by atoms with E-state index < -0.39 is 16.1 Å². The maximum absolute atomic E-state index is 2.47. The highest BCUT2D eigenvalue weighted by Crippen LogP contribution is 2.27. The first kappa shape index (κ1) is 19.7. The summed E-state index contributed by atoms with van der Waals surface area (Å²) < 4.78 is 0. The minimum atomic E-state index is -0.735. The van der Waals surface area contributed by atoms with Gasteiger partial charge in [0.25, 0.3) is 0 Å². The van der Waals surface area contributed by atoms with Gasteiger partial charge >= 0.3 is 0 Å². The molecule has 0 spiro atoms. The minimum Gasteiger partial charge on any atom is -0.0746 e. The van der Waals surface area contributed by atoms with Gasteiger partial charge in [-0.1, -0.05) is 102 Å². The lowest BCUT2D eigenvalue weighted by molar-refractivity contribution is 0.501. The molecule has 0 aliphatic heterocycles. The second kappa shape index (κ2) is 9.56. The van der Waals surface area contributed by atoms with E-state index in [1.807, 2.05) is 0 Å². The lowest BCUT2D eigenvalue weighted by atomic mass is 10.0. The van der Waals surface area contributed by atoms with Gasteiger partial charge < -0.3 is 0 Å². The average Bonchev–Trinajstić information content (AvgIpc) is 2.27. The summed E-state index contributed by atoms with van der Waals surface area (Å²) >= 11 is 0. The van der Waals surface area contributed by atoms with Crippen molar-refractivity contribution in [3.05, 3.63) is 0 Å². The van der Waals surface area contributed by atoms with Crippen molar-refractivity contribution in [1.29, 1.82) is 0 Å². The molecular weight excluding hydrogens is 276 g/mol. The Morgan fingerprint density at radius 3 is 1.47 bits per heavy atom. The summed E-state index contributed by atoms with van der Waals surface area (Å²) in [6.07, 6.45) is 9.22. The van der Waals surface area contributed by atoms with Crippen molar-refractivity contribution < 1.29 is 0 Å². The lowest BCUT2D eigenvalue weighted by Gasteiger charge is -2.20. The van der Waals surface area contributed by atoms with Crippen LogP contribution in [0, 0.1) is 0 Å². The minimum absolute atomic E-state index is 0.368. The molecular formula is C16H40Si3. The first-order valence-electron chi connectivity index (χ1n) is 8.64. The van der Waals surface area contributed by atoms with Crippen LogP contribution in [0.2, 0.25) is 63.5 Å². The van der Waals surface area contributed by atoms with E-state index in [1.165, 1.54) is 43.3 Å². The number of hydrogen-bond acceptors (Lipinski definition) is 0. The average molecular weight is 317 g/mol. The van der Waals surface area contributed by atoms with Crippen molar-refractivity contribution >= 4 is 25.7 Å².